The van der Waals surface area contributed by atoms with Gasteiger partial charge in [-0.15, -0.1) is 32.9 Å². The minimum atomic E-state index is 0. The molecule has 0 amide bonds. The number of carbonyl (C=O) groups excluding carboxylic acids is 1. The number of pyridine rings is 2. The summed E-state index contributed by atoms with van der Waals surface area (Å²) in [4.78, 5) is 24.2. The van der Waals surface area contributed by atoms with Crippen LogP contribution in [0.5, 0.6) is 0 Å². The molecular formula is C67H76N16O3S2. The molecule has 10 heterocycles. The summed E-state index contributed by atoms with van der Waals surface area (Å²) in [6.45, 7) is 20.5. The van der Waals surface area contributed by atoms with Gasteiger partial charge in [-0.3, -0.25) is 19.7 Å². The molecule has 88 heavy (non-hydrogen) atoms. The van der Waals surface area contributed by atoms with Gasteiger partial charge in [0.2, 0.25) is 0 Å². The summed E-state index contributed by atoms with van der Waals surface area (Å²) in [5.41, 5.74) is 14.2. The second-order valence-electron chi connectivity index (χ2n) is 26.2. The van der Waals surface area contributed by atoms with Crippen molar-refractivity contribution in [1.29, 1.82) is 21.0 Å². The summed E-state index contributed by atoms with van der Waals surface area (Å²) in [7, 11) is 0. The number of hydrogen-bond acceptors (Lipinski definition) is 19. The minimum Gasteiger partial charge on any atom is -0.383 e. The van der Waals surface area contributed by atoms with Crippen molar-refractivity contribution in [3.63, 3.8) is 0 Å². The number of nitrogens with one attached hydrogen (secondary N) is 3. The molecule has 0 bridgehead atoms. The first-order valence-corrected chi connectivity index (χ1v) is 31.9. The van der Waals surface area contributed by atoms with Crippen LogP contribution < -0.4 is 16.0 Å². The molecule has 2 saturated heterocycles. The van der Waals surface area contributed by atoms with E-state index in [-0.39, 0.29) is 35.9 Å². The Morgan fingerprint density at radius 3 is 1.56 bits per heavy atom. The number of fused-ring (bicyclic) bond motifs is 4. The third-order valence-corrected chi connectivity index (χ3v) is 19.0. The van der Waals surface area contributed by atoms with Gasteiger partial charge in [0.15, 0.2) is 5.78 Å². The maximum Gasteiger partial charge on any atom is 0.184 e. The zero-order valence-electron chi connectivity index (χ0n) is 50.2. The van der Waals surface area contributed by atoms with Gasteiger partial charge >= 0.3 is 0 Å². The highest BCUT2D eigenvalue weighted by Crippen LogP contribution is 2.43. The van der Waals surface area contributed by atoms with Crippen molar-refractivity contribution in [2.75, 3.05) is 63.2 Å². The number of nitriles is 4. The van der Waals surface area contributed by atoms with E-state index in [0.29, 0.717) is 90.6 Å². The first-order valence-electron chi connectivity index (χ1n) is 30.2. The molecule has 14 rings (SSSR count). The van der Waals surface area contributed by atoms with Crippen LogP contribution in [0, 0.1) is 56.2 Å². The molecule has 0 unspecified atom stereocenters. The van der Waals surface area contributed by atoms with Crippen LogP contribution in [0.15, 0.2) is 59.8 Å². The van der Waals surface area contributed by atoms with E-state index in [9.17, 15) is 25.8 Å². The van der Waals surface area contributed by atoms with Crippen molar-refractivity contribution in [2.24, 2.45) is 10.8 Å². The average molecular weight is 1220 g/mol. The summed E-state index contributed by atoms with van der Waals surface area (Å²) in [6.07, 6.45) is 15.4. The lowest BCUT2D eigenvalue weighted by molar-refractivity contribution is -0.140. The van der Waals surface area contributed by atoms with Crippen molar-refractivity contribution in [1.82, 2.24) is 50.2 Å². The van der Waals surface area contributed by atoms with Crippen LogP contribution in [-0.2, 0) is 53.0 Å². The van der Waals surface area contributed by atoms with Gasteiger partial charge < -0.3 is 25.4 Å². The van der Waals surface area contributed by atoms with Crippen LogP contribution in [0.4, 0.5) is 11.4 Å². The Bertz CT molecular complexity index is 4060. The Morgan fingerprint density at radius 2 is 1.14 bits per heavy atom. The van der Waals surface area contributed by atoms with Crippen LogP contribution in [0.2, 0.25) is 0 Å². The maximum atomic E-state index is 10.2. The van der Waals surface area contributed by atoms with E-state index in [2.05, 4.69) is 152 Å². The molecule has 6 aromatic heterocycles. The third-order valence-electron chi connectivity index (χ3n) is 16.9. The summed E-state index contributed by atoms with van der Waals surface area (Å²) in [5, 5.41) is 75.2. The summed E-state index contributed by atoms with van der Waals surface area (Å²) >= 11 is 3.66. The van der Waals surface area contributed by atoms with Gasteiger partial charge in [0.05, 0.1) is 87.4 Å². The van der Waals surface area contributed by atoms with E-state index >= 15 is 0 Å². The van der Waals surface area contributed by atoms with Gasteiger partial charge in [0.25, 0.3) is 0 Å². The Balaban J connectivity index is 0.000000167. The molecule has 2 aromatic carbocycles. The lowest BCUT2D eigenvalue weighted by Crippen LogP contribution is -2.50. The highest BCUT2D eigenvalue weighted by molar-refractivity contribution is 7.10. The van der Waals surface area contributed by atoms with E-state index < -0.39 is 0 Å². The van der Waals surface area contributed by atoms with Crippen LogP contribution in [0.25, 0.3) is 21.8 Å². The Labute approximate surface area is 522 Å². The van der Waals surface area contributed by atoms with E-state index in [1.54, 1.807) is 12.4 Å². The fourth-order valence-corrected chi connectivity index (χ4v) is 14.0. The van der Waals surface area contributed by atoms with Crippen LogP contribution >= 0.6 is 22.7 Å². The van der Waals surface area contributed by atoms with Gasteiger partial charge in [-0.05, 0) is 137 Å². The number of anilines is 2. The molecule has 2 saturated carbocycles. The first kappa shape index (κ1) is 61.6. The van der Waals surface area contributed by atoms with Crippen molar-refractivity contribution in [3.05, 3.63) is 137 Å². The fourth-order valence-electron chi connectivity index (χ4n) is 11.7. The number of benzene rings is 2. The Kier molecular flexibility index (Phi) is 18.2. The molecule has 6 aliphatic rings. The predicted octanol–water partition coefficient (Wildman–Crippen LogP) is 11.2. The molecule has 3 N–H and O–H groups in total. The molecule has 0 spiro atoms. The SMILES string of the molecule is C.CC(C)(C)CNc1c(C#N)cnc2c(C#N)cc(C[C@H](c3cn(C4CC4)nn3)c3csc4c3CCN(C3COC3)C4)cc12.CC(C)(C)CNc1c(C#N)cnc2c(C#N)cc(C[C@H](c3cn(C4CC4)nn3)c3csc4c3CCNC4)cc12.O=C1COC1. The quantitative estimate of drug-likeness (QED) is 0.0862. The average Bonchev–Trinajstić information content (AvgIpc) is 1.40. The lowest BCUT2D eigenvalue weighted by Gasteiger charge is -2.39. The van der Waals surface area contributed by atoms with Crippen LogP contribution in [0.3, 0.4) is 0 Å². The van der Waals surface area contributed by atoms with Gasteiger partial charge in [0.1, 0.15) is 37.5 Å². The van der Waals surface area contributed by atoms with E-state index in [0.717, 1.165) is 123 Å². The van der Waals surface area contributed by atoms with E-state index in [1.807, 2.05) is 44.2 Å². The molecule has 2 atom stereocenters. The molecular weight excluding hydrogens is 1140 g/mol. The zero-order chi connectivity index (χ0) is 60.6. The number of Topliss-reactive ketones (excluding diaryl/α,β-unsaturated/α-hetero) is 1. The molecule has 2 aliphatic carbocycles. The molecule has 8 aromatic rings. The van der Waals surface area contributed by atoms with E-state index in [4.69, 9.17) is 9.84 Å². The van der Waals surface area contributed by atoms with Gasteiger partial charge in [0, 0.05) is 89.9 Å². The van der Waals surface area contributed by atoms with Crippen molar-refractivity contribution < 1.29 is 14.3 Å². The summed E-state index contributed by atoms with van der Waals surface area (Å²) < 4.78 is 14.0. The number of hydrogen-bond donors (Lipinski definition) is 3. The van der Waals surface area contributed by atoms with Crippen molar-refractivity contribution in [3.8, 4) is 24.3 Å². The van der Waals surface area contributed by atoms with Crippen molar-refractivity contribution >= 4 is 61.6 Å². The maximum absolute atomic E-state index is 10.2. The highest BCUT2D eigenvalue weighted by Gasteiger charge is 2.35. The number of ether oxygens (including phenoxy) is 2. The summed E-state index contributed by atoms with van der Waals surface area (Å²) in [6, 6.07) is 18.9. The number of rotatable bonds is 15. The van der Waals surface area contributed by atoms with Crippen molar-refractivity contribution in [2.45, 2.75) is 143 Å². The number of ketones is 1. The Morgan fingerprint density at radius 1 is 0.659 bits per heavy atom. The first-order chi connectivity index (χ1) is 42.0. The fraction of sp³-hybridized carbons (Fsp3) is 0.478. The van der Waals surface area contributed by atoms with Gasteiger partial charge in [-0.1, -0.05) is 59.4 Å². The van der Waals surface area contributed by atoms with E-state index in [1.165, 1.54) is 32.0 Å². The molecule has 19 nitrogen and oxygen atoms in total. The monoisotopic (exact) mass is 1220 g/mol. The van der Waals surface area contributed by atoms with Crippen LogP contribution in [0.1, 0.15) is 175 Å². The number of thiophene rings is 2. The minimum absolute atomic E-state index is 0. The standard InChI is InChI=1S/C33H36N8OS.C30H32N8S.C3H4O2.CH4/c1-33(2,3)19-37-32-22(12-35)13-36-31-21(11-34)8-20(10-27(31)32)9-26(29-14-41(39-38-29)23-4-5-23)28-18-43-30-15-40(7-6-25(28)30)24-16-42-17-24;1-30(2,3)17-35-29-20(12-32)13-34-28-19(11-31)8-18(10-24(28)29)9-23(26-15-38(37-36-26)21-4-5-21)25-16-39-27-14-33-7-6-22(25)27;4-3-1-5-2-3;/h8,10,13-14,18,23-24,26H,4-7,9,15-17,19H2,1-3H3,(H,36,37);8,10,13,15-16,21,23,33H,4-7,9,14,17H2,1-3H3,(H,34,35);1-2H2;1H4/t26-;23-;;/m00../s1. The number of aromatic nitrogens is 8. The molecule has 4 fully saturated rings. The van der Waals surface area contributed by atoms with Gasteiger partial charge in [-0.2, -0.15) is 21.0 Å². The third kappa shape index (κ3) is 13.7. The second kappa shape index (κ2) is 26.0. The second-order valence-corrected chi connectivity index (χ2v) is 28.2. The highest BCUT2D eigenvalue weighted by atomic mass is 32.1. The smallest absolute Gasteiger partial charge is 0.184 e. The predicted molar refractivity (Wildman–Crippen MR) is 341 cm³/mol. The van der Waals surface area contributed by atoms with Gasteiger partial charge in [-0.25, -0.2) is 9.36 Å². The largest absolute Gasteiger partial charge is 0.383 e. The Hall–Kier alpha value is -7.99. The molecule has 0 radical (unpaired) electrons. The van der Waals surface area contributed by atoms with Crippen LogP contribution in [-0.4, -0.2) is 109 Å². The number of carbonyl (C=O) groups is 1. The summed E-state index contributed by atoms with van der Waals surface area (Å²) in [5.74, 6) is 0.246. The topological polar surface area (TPSA) is 257 Å². The molecule has 21 heteroatoms. The molecule has 4 aliphatic heterocycles. The zero-order valence-corrected chi connectivity index (χ0v) is 51.9. The lowest BCUT2D eigenvalue weighted by atomic mass is 9.85. The number of nitrogens with zero attached hydrogens (tertiary/aromatic N) is 13. The normalized spacial score (nSPS) is 17.1. The molecule has 454 valence electrons.